The van der Waals surface area contributed by atoms with E-state index < -0.39 is 0 Å². The maximum atomic E-state index is 13.4. The molecule has 1 fully saturated rings. The zero-order valence-corrected chi connectivity index (χ0v) is 18.3. The van der Waals surface area contributed by atoms with Gasteiger partial charge in [0, 0.05) is 31.7 Å². The molecule has 1 aliphatic rings. The van der Waals surface area contributed by atoms with E-state index in [1.54, 1.807) is 0 Å². The Labute approximate surface area is 188 Å². The fourth-order valence-corrected chi connectivity index (χ4v) is 4.43. The number of nitrogens with one attached hydrogen (secondary N) is 2. The molecule has 5 rings (SSSR count). The highest BCUT2D eigenvalue weighted by Crippen LogP contribution is 2.33. The molecule has 0 bridgehead atoms. The van der Waals surface area contributed by atoms with Gasteiger partial charge in [0.05, 0.1) is 11.4 Å². The van der Waals surface area contributed by atoms with Crippen molar-refractivity contribution in [3.8, 4) is 11.1 Å². The number of hydrogen-bond acceptors (Lipinski definition) is 3. The summed E-state index contributed by atoms with van der Waals surface area (Å²) in [5.74, 6) is -0.0837. The van der Waals surface area contributed by atoms with Gasteiger partial charge in [-0.25, -0.2) is 0 Å². The largest absolute Gasteiger partial charge is 0.367 e. The van der Waals surface area contributed by atoms with Crippen LogP contribution >= 0.6 is 0 Å². The Morgan fingerprint density at radius 1 is 0.844 bits per heavy atom. The highest BCUT2D eigenvalue weighted by atomic mass is 16.1. The lowest BCUT2D eigenvalue weighted by atomic mass is 10.0. The third-order valence-corrected chi connectivity index (χ3v) is 6.09. The summed E-state index contributed by atoms with van der Waals surface area (Å²) in [6.45, 7) is 5.82. The maximum absolute atomic E-state index is 13.4. The lowest BCUT2D eigenvalue weighted by molar-refractivity contribution is 0.102. The van der Waals surface area contributed by atoms with Gasteiger partial charge in [0.1, 0.15) is 0 Å². The molecule has 2 N–H and O–H groups in total. The number of carbonyl (C=O) groups excluding carboxylic acids is 1. The SMILES string of the molecule is Cc1cccc(-c2ccc(N3CCNCC3)c(NC(=O)c3cccc4ccccc34)c2)c1. The molecule has 160 valence electrons. The second-order valence-corrected chi connectivity index (χ2v) is 8.32. The van der Waals surface area contributed by atoms with Crippen LogP contribution in [0.3, 0.4) is 0 Å². The van der Waals surface area contributed by atoms with Gasteiger partial charge < -0.3 is 15.5 Å². The summed E-state index contributed by atoms with van der Waals surface area (Å²) in [6.07, 6.45) is 0. The van der Waals surface area contributed by atoms with Gasteiger partial charge in [-0.3, -0.25) is 4.79 Å². The predicted octanol–water partition coefficient (Wildman–Crippen LogP) is 5.48. The van der Waals surface area contributed by atoms with Crippen molar-refractivity contribution in [2.45, 2.75) is 6.92 Å². The van der Waals surface area contributed by atoms with Gasteiger partial charge in [-0.2, -0.15) is 0 Å². The van der Waals surface area contributed by atoms with Crippen LogP contribution in [-0.4, -0.2) is 32.1 Å². The lowest BCUT2D eigenvalue weighted by Crippen LogP contribution is -2.43. The Morgan fingerprint density at radius 3 is 2.44 bits per heavy atom. The van der Waals surface area contributed by atoms with E-state index in [1.807, 2.05) is 42.5 Å². The van der Waals surface area contributed by atoms with Gasteiger partial charge in [-0.05, 0) is 47.0 Å². The van der Waals surface area contributed by atoms with Crippen LogP contribution in [0.15, 0.2) is 84.9 Å². The van der Waals surface area contributed by atoms with Crippen LogP contribution in [0.25, 0.3) is 21.9 Å². The summed E-state index contributed by atoms with van der Waals surface area (Å²) in [5, 5.41) is 8.67. The van der Waals surface area contributed by atoms with E-state index in [9.17, 15) is 4.79 Å². The zero-order valence-electron chi connectivity index (χ0n) is 18.3. The Bertz CT molecular complexity index is 1270. The molecule has 1 heterocycles. The van der Waals surface area contributed by atoms with Crippen LogP contribution < -0.4 is 15.5 Å². The molecule has 0 saturated carbocycles. The van der Waals surface area contributed by atoms with Crippen LogP contribution in [0.2, 0.25) is 0 Å². The average molecular weight is 422 g/mol. The van der Waals surface area contributed by atoms with E-state index in [1.165, 1.54) is 5.56 Å². The summed E-state index contributed by atoms with van der Waals surface area (Å²) < 4.78 is 0. The van der Waals surface area contributed by atoms with Crippen molar-refractivity contribution in [1.82, 2.24) is 5.32 Å². The van der Waals surface area contributed by atoms with Gasteiger partial charge in [0.2, 0.25) is 0 Å². The molecule has 1 amide bonds. The first kappa shape index (κ1) is 20.3. The summed E-state index contributed by atoms with van der Waals surface area (Å²) >= 11 is 0. The molecule has 4 nitrogen and oxygen atoms in total. The van der Waals surface area contributed by atoms with Crippen molar-refractivity contribution in [2.75, 3.05) is 36.4 Å². The van der Waals surface area contributed by atoms with E-state index in [4.69, 9.17) is 0 Å². The molecule has 1 saturated heterocycles. The van der Waals surface area contributed by atoms with E-state index in [0.29, 0.717) is 5.56 Å². The number of rotatable bonds is 4. The minimum atomic E-state index is -0.0837. The normalized spacial score (nSPS) is 13.8. The van der Waals surface area contributed by atoms with Gasteiger partial charge in [-0.15, -0.1) is 0 Å². The molecule has 0 spiro atoms. The van der Waals surface area contributed by atoms with Crippen LogP contribution in [0, 0.1) is 6.92 Å². The third-order valence-electron chi connectivity index (χ3n) is 6.09. The number of anilines is 2. The molecule has 4 aromatic rings. The van der Waals surface area contributed by atoms with Crippen molar-refractivity contribution in [2.24, 2.45) is 0 Å². The Morgan fingerprint density at radius 2 is 1.59 bits per heavy atom. The molecule has 4 heteroatoms. The molecule has 4 aromatic carbocycles. The van der Waals surface area contributed by atoms with E-state index in [2.05, 4.69) is 64.9 Å². The molecule has 0 atom stereocenters. The fraction of sp³-hybridized carbons (Fsp3) is 0.179. The number of nitrogens with zero attached hydrogens (tertiary/aromatic N) is 1. The number of hydrogen-bond donors (Lipinski definition) is 2. The van der Waals surface area contributed by atoms with Crippen LogP contribution in [0.5, 0.6) is 0 Å². The molecule has 0 unspecified atom stereocenters. The van der Waals surface area contributed by atoms with Gasteiger partial charge in [0.25, 0.3) is 5.91 Å². The van der Waals surface area contributed by atoms with Crippen molar-refractivity contribution in [3.63, 3.8) is 0 Å². The molecule has 0 aromatic heterocycles. The molecular formula is C28H27N3O. The minimum Gasteiger partial charge on any atom is -0.367 e. The van der Waals surface area contributed by atoms with Crippen LogP contribution in [0.1, 0.15) is 15.9 Å². The number of fused-ring (bicyclic) bond motifs is 1. The zero-order chi connectivity index (χ0) is 21.9. The Balaban J connectivity index is 1.55. The number of carbonyl (C=O) groups is 1. The number of benzene rings is 4. The second kappa shape index (κ2) is 8.85. The van der Waals surface area contributed by atoms with Crippen molar-refractivity contribution >= 4 is 28.1 Å². The van der Waals surface area contributed by atoms with E-state index >= 15 is 0 Å². The smallest absolute Gasteiger partial charge is 0.256 e. The van der Waals surface area contributed by atoms with Gasteiger partial charge in [0.15, 0.2) is 0 Å². The van der Waals surface area contributed by atoms with Crippen molar-refractivity contribution < 1.29 is 4.79 Å². The van der Waals surface area contributed by atoms with Gasteiger partial charge >= 0.3 is 0 Å². The molecule has 1 aliphatic heterocycles. The topological polar surface area (TPSA) is 44.4 Å². The standard InChI is InChI=1S/C28H27N3O/c1-20-6-4-9-22(18-20)23-12-13-27(31-16-14-29-15-17-31)26(19-23)30-28(32)25-11-5-8-21-7-2-3-10-24(21)25/h2-13,18-19,29H,14-17H2,1H3,(H,30,32). The first-order chi connectivity index (χ1) is 15.7. The highest BCUT2D eigenvalue weighted by Gasteiger charge is 2.18. The predicted molar refractivity (Wildman–Crippen MR) is 134 cm³/mol. The first-order valence-corrected chi connectivity index (χ1v) is 11.1. The number of amides is 1. The van der Waals surface area contributed by atoms with Crippen LogP contribution in [0.4, 0.5) is 11.4 Å². The van der Waals surface area contributed by atoms with Crippen molar-refractivity contribution in [1.29, 1.82) is 0 Å². The summed E-state index contributed by atoms with van der Waals surface area (Å²) in [6, 6.07) is 28.8. The summed E-state index contributed by atoms with van der Waals surface area (Å²) in [7, 11) is 0. The number of piperazine rings is 1. The second-order valence-electron chi connectivity index (χ2n) is 8.32. The fourth-order valence-electron chi connectivity index (χ4n) is 4.43. The minimum absolute atomic E-state index is 0.0837. The highest BCUT2D eigenvalue weighted by molar-refractivity contribution is 6.14. The van der Waals surface area contributed by atoms with Crippen molar-refractivity contribution in [3.05, 3.63) is 96.1 Å². The molecular weight excluding hydrogens is 394 g/mol. The molecule has 0 aliphatic carbocycles. The Hall–Kier alpha value is -3.63. The molecule has 0 radical (unpaired) electrons. The van der Waals surface area contributed by atoms with Crippen LogP contribution in [-0.2, 0) is 0 Å². The Kier molecular flexibility index (Phi) is 5.61. The maximum Gasteiger partial charge on any atom is 0.256 e. The monoisotopic (exact) mass is 421 g/mol. The van der Waals surface area contributed by atoms with E-state index in [-0.39, 0.29) is 5.91 Å². The average Bonchev–Trinajstić information content (AvgIpc) is 2.84. The first-order valence-electron chi connectivity index (χ1n) is 11.1. The van der Waals surface area contributed by atoms with E-state index in [0.717, 1.165) is 59.5 Å². The quantitative estimate of drug-likeness (QED) is 0.459. The molecule has 32 heavy (non-hydrogen) atoms. The third kappa shape index (κ3) is 4.10. The number of aryl methyl sites for hydroxylation is 1. The lowest BCUT2D eigenvalue weighted by Gasteiger charge is -2.31. The summed E-state index contributed by atoms with van der Waals surface area (Å²) in [5.41, 5.74) is 6.07. The van der Waals surface area contributed by atoms with Gasteiger partial charge in [-0.1, -0.05) is 72.3 Å². The summed E-state index contributed by atoms with van der Waals surface area (Å²) in [4.78, 5) is 15.8.